The fraction of sp³-hybridized carbons (Fsp3) is 0.214. The van der Waals surface area contributed by atoms with E-state index in [1.807, 2.05) is 30.5 Å². The maximum absolute atomic E-state index is 5.63. The van der Waals surface area contributed by atoms with Crippen LogP contribution in [0.4, 0.5) is 0 Å². The highest BCUT2D eigenvalue weighted by atomic mass is 32.2. The Balaban J connectivity index is 1.34. The molecule has 1 fully saturated rings. The number of ether oxygens (including phenoxy) is 1. The van der Waals surface area contributed by atoms with E-state index >= 15 is 0 Å². The van der Waals surface area contributed by atoms with Gasteiger partial charge < -0.3 is 9.57 Å². The summed E-state index contributed by atoms with van der Waals surface area (Å²) in [7, 11) is 1.59. The Kier molecular flexibility index (Phi) is 6.13. The predicted molar refractivity (Wildman–Crippen MR) is 142 cm³/mol. The fourth-order valence-electron chi connectivity index (χ4n) is 4.79. The monoisotopic (exact) mass is 495 g/mol. The number of aromatic nitrogens is 4. The number of oxime groups is 1. The van der Waals surface area contributed by atoms with Crippen LogP contribution >= 0.6 is 11.8 Å². The summed E-state index contributed by atoms with van der Waals surface area (Å²) < 4.78 is 7.70. The summed E-state index contributed by atoms with van der Waals surface area (Å²) in [6.07, 6.45) is 5.49. The molecular formula is C28H25N5O2S. The van der Waals surface area contributed by atoms with E-state index in [1.165, 1.54) is 10.5 Å². The molecule has 0 aliphatic carbocycles. The quantitative estimate of drug-likeness (QED) is 0.220. The first-order valence-electron chi connectivity index (χ1n) is 11.9. The van der Waals surface area contributed by atoms with Crippen LogP contribution in [0.2, 0.25) is 0 Å². The third kappa shape index (κ3) is 4.23. The van der Waals surface area contributed by atoms with Gasteiger partial charge in [0.15, 0.2) is 11.5 Å². The van der Waals surface area contributed by atoms with E-state index in [-0.39, 0.29) is 5.41 Å². The largest absolute Gasteiger partial charge is 0.399 e. The summed E-state index contributed by atoms with van der Waals surface area (Å²) in [5, 5.41) is 14.0. The summed E-state index contributed by atoms with van der Waals surface area (Å²) >= 11 is 1.75. The van der Waals surface area contributed by atoms with Crippen molar-refractivity contribution in [1.29, 1.82) is 0 Å². The van der Waals surface area contributed by atoms with Crippen LogP contribution in [0.5, 0.6) is 0 Å². The molecule has 0 unspecified atom stereocenters. The normalized spacial score (nSPS) is 15.6. The number of nitrogens with zero attached hydrogens (tertiary/aromatic N) is 5. The third-order valence-electron chi connectivity index (χ3n) is 6.67. The maximum atomic E-state index is 5.63. The molecule has 1 aliphatic rings. The average molecular weight is 496 g/mol. The zero-order valence-electron chi connectivity index (χ0n) is 19.9. The van der Waals surface area contributed by atoms with Gasteiger partial charge in [-0.05, 0) is 78.4 Å². The predicted octanol–water partition coefficient (Wildman–Crippen LogP) is 5.78. The molecule has 0 bridgehead atoms. The second-order valence-electron chi connectivity index (χ2n) is 8.80. The molecule has 7 nitrogen and oxygen atoms in total. The van der Waals surface area contributed by atoms with Crippen LogP contribution in [0.1, 0.15) is 18.4 Å². The minimum Gasteiger partial charge on any atom is -0.399 e. The molecule has 180 valence electrons. The van der Waals surface area contributed by atoms with Gasteiger partial charge in [0.1, 0.15) is 12.8 Å². The summed E-state index contributed by atoms with van der Waals surface area (Å²) in [6, 6.07) is 25.1. The molecule has 1 saturated heterocycles. The highest BCUT2D eigenvalue weighted by Gasteiger charge is 2.33. The van der Waals surface area contributed by atoms with Crippen molar-refractivity contribution in [2.45, 2.75) is 28.0 Å². The molecule has 36 heavy (non-hydrogen) atoms. The van der Waals surface area contributed by atoms with Crippen molar-refractivity contribution in [2.24, 2.45) is 5.16 Å². The zero-order chi connectivity index (χ0) is 24.4. The minimum atomic E-state index is -0.171. The molecule has 5 aromatic rings. The Morgan fingerprint density at radius 2 is 1.86 bits per heavy atom. The summed E-state index contributed by atoms with van der Waals surface area (Å²) in [5.41, 5.74) is 3.72. The van der Waals surface area contributed by atoms with Crippen molar-refractivity contribution < 1.29 is 9.57 Å². The lowest BCUT2D eigenvalue weighted by Gasteiger charge is -2.34. The number of hydrogen-bond donors (Lipinski definition) is 0. The second-order valence-corrected chi connectivity index (χ2v) is 9.95. The molecule has 4 heterocycles. The van der Waals surface area contributed by atoms with Crippen LogP contribution in [0.25, 0.3) is 28.1 Å². The van der Waals surface area contributed by atoms with Crippen molar-refractivity contribution in [3.63, 3.8) is 0 Å². The molecule has 0 spiro atoms. The number of hydrogen-bond acceptors (Lipinski definition) is 7. The van der Waals surface area contributed by atoms with E-state index in [0.717, 1.165) is 59.0 Å². The van der Waals surface area contributed by atoms with E-state index in [0.29, 0.717) is 0 Å². The van der Waals surface area contributed by atoms with Gasteiger partial charge in [0, 0.05) is 34.6 Å². The Morgan fingerprint density at radius 1 is 0.972 bits per heavy atom. The molecule has 8 heteroatoms. The van der Waals surface area contributed by atoms with E-state index in [9.17, 15) is 0 Å². The Hall–Kier alpha value is -3.75. The Morgan fingerprint density at radius 3 is 2.69 bits per heavy atom. The van der Waals surface area contributed by atoms with Crippen molar-refractivity contribution in [3.05, 3.63) is 84.6 Å². The summed E-state index contributed by atoms with van der Waals surface area (Å²) in [4.78, 5) is 11.8. The highest BCUT2D eigenvalue weighted by molar-refractivity contribution is 7.99. The standard InChI is InChI=1S/C28H25N5O2S/c1-34-30-19-28(12-15-35-16-13-28)21-5-4-6-22(18-21)36-23-9-10-25-20(17-23)8-11-26-31-32-27(33(25)26)24-7-2-3-14-29-24/h2-11,14,17-19H,12-13,15-16H2,1H3. The number of benzene rings is 2. The van der Waals surface area contributed by atoms with E-state index in [1.54, 1.807) is 25.1 Å². The lowest BCUT2D eigenvalue weighted by atomic mass is 9.75. The summed E-state index contributed by atoms with van der Waals surface area (Å²) in [6.45, 7) is 1.44. The van der Waals surface area contributed by atoms with Gasteiger partial charge in [-0.15, -0.1) is 10.2 Å². The van der Waals surface area contributed by atoms with Gasteiger partial charge in [0.25, 0.3) is 0 Å². The van der Waals surface area contributed by atoms with Crippen molar-refractivity contribution >= 4 is 34.5 Å². The molecule has 0 saturated carbocycles. The first-order chi connectivity index (χ1) is 17.8. The molecule has 0 atom stereocenters. The van der Waals surface area contributed by atoms with E-state index in [2.05, 4.69) is 73.3 Å². The fourth-order valence-corrected chi connectivity index (χ4v) is 5.71. The second kappa shape index (κ2) is 9.72. The summed E-state index contributed by atoms with van der Waals surface area (Å²) in [5.74, 6) is 0.740. The SMILES string of the molecule is CON=CC1(c2cccc(Sc3ccc4c(ccc5nnc(-c6ccccn6)n54)c3)c2)CCOCC1. The van der Waals surface area contributed by atoms with Crippen LogP contribution < -0.4 is 0 Å². The highest BCUT2D eigenvalue weighted by Crippen LogP contribution is 2.37. The molecule has 3 aromatic heterocycles. The van der Waals surface area contributed by atoms with Crippen molar-refractivity contribution in [3.8, 4) is 11.5 Å². The minimum absolute atomic E-state index is 0.171. The van der Waals surface area contributed by atoms with Crippen molar-refractivity contribution in [1.82, 2.24) is 19.6 Å². The number of pyridine rings is 2. The van der Waals surface area contributed by atoms with Crippen molar-refractivity contribution in [2.75, 3.05) is 20.3 Å². The first kappa shape index (κ1) is 22.7. The van der Waals surface area contributed by atoms with Gasteiger partial charge in [-0.2, -0.15) is 0 Å². The van der Waals surface area contributed by atoms with Gasteiger partial charge in [0.2, 0.25) is 0 Å². The molecule has 0 amide bonds. The molecule has 1 aliphatic heterocycles. The molecule has 0 N–H and O–H groups in total. The number of fused-ring (bicyclic) bond motifs is 3. The lowest BCUT2D eigenvalue weighted by Crippen LogP contribution is -2.35. The lowest BCUT2D eigenvalue weighted by molar-refractivity contribution is 0.0708. The Bertz CT molecular complexity index is 1540. The van der Waals surface area contributed by atoms with Crippen LogP contribution in [-0.4, -0.2) is 46.1 Å². The van der Waals surface area contributed by atoms with E-state index in [4.69, 9.17) is 9.57 Å². The molecule has 6 rings (SSSR count). The van der Waals surface area contributed by atoms with Gasteiger partial charge in [0.05, 0.1) is 11.7 Å². The zero-order valence-corrected chi connectivity index (χ0v) is 20.7. The molecule has 2 aromatic carbocycles. The van der Waals surface area contributed by atoms with Crippen LogP contribution in [-0.2, 0) is 15.0 Å². The van der Waals surface area contributed by atoms with Gasteiger partial charge in [-0.1, -0.05) is 35.1 Å². The van der Waals surface area contributed by atoms with Crippen LogP contribution in [0.15, 0.2) is 93.9 Å². The number of rotatable bonds is 6. The Labute approximate surface area is 213 Å². The maximum Gasteiger partial charge on any atom is 0.187 e. The molecular weight excluding hydrogens is 470 g/mol. The van der Waals surface area contributed by atoms with Gasteiger partial charge in [-0.3, -0.25) is 9.38 Å². The average Bonchev–Trinajstić information content (AvgIpc) is 3.38. The molecule has 0 radical (unpaired) electrons. The van der Waals surface area contributed by atoms with Gasteiger partial charge >= 0.3 is 0 Å². The van der Waals surface area contributed by atoms with E-state index < -0.39 is 0 Å². The third-order valence-corrected chi connectivity index (χ3v) is 7.65. The van der Waals surface area contributed by atoms with Gasteiger partial charge in [-0.25, -0.2) is 0 Å². The first-order valence-corrected chi connectivity index (χ1v) is 12.7. The van der Waals surface area contributed by atoms with Crippen LogP contribution in [0, 0.1) is 0 Å². The smallest absolute Gasteiger partial charge is 0.187 e. The van der Waals surface area contributed by atoms with Crippen LogP contribution in [0.3, 0.4) is 0 Å². The topological polar surface area (TPSA) is 73.9 Å².